The van der Waals surface area contributed by atoms with Gasteiger partial charge in [-0.15, -0.1) is 0 Å². The molecule has 0 amide bonds. The Bertz CT molecular complexity index is 284. The minimum absolute atomic E-state index is 0.387. The van der Waals surface area contributed by atoms with E-state index in [0.717, 1.165) is 0 Å². The molecule has 0 saturated carbocycles. The van der Waals surface area contributed by atoms with Gasteiger partial charge in [-0.05, 0) is 31.5 Å². The Morgan fingerprint density at radius 1 is 1.46 bits per heavy atom. The van der Waals surface area contributed by atoms with E-state index in [2.05, 4.69) is 0 Å². The fraction of sp³-hybridized carbons (Fsp3) is 0.400. The molecular formula is C10H13FO2. The minimum Gasteiger partial charge on any atom is -0.494 e. The van der Waals surface area contributed by atoms with E-state index in [1.165, 1.54) is 12.1 Å². The molecular weight excluding hydrogens is 171 g/mol. The smallest absolute Gasteiger partial charge is 0.127 e. The van der Waals surface area contributed by atoms with Crippen LogP contribution in [0.15, 0.2) is 18.2 Å². The molecule has 0 aromatic heterocycles. The van der Waals surface area contributed by atoms with Gasteiger partial charge in [-0.2, -0.15) is 0 Å². The summed E-state index contributed by atoms with van der Waals surface area (Å²) in [6.45, 7) is 3.90. The zero-order chi connectivity index (χ0) is 9.84. The largest absolute Gasteiger partial charge is 0.494 e. The van der Waals surface area contributed by atoms with Gasteiger partial charge >= 0.3 is 0 Å². The highest BCUT2D eigenvalue weighted by Crippen LogP contribution is 2.21. The third kappa shape index (κ3) is 2.70. The van der Waals surface area contributed by atoms with E-state index in [4.69, 9.17) is 4.74 Å². The molecule has 0 fully saturated rings. The Hall–Kier alpha value is -1.09. The highest BCUT2D eigenvalue weighted by atomic mass is 19.1. The second-order valence-electron chi connectivity index (χ2n) is 2.83. The first-order valence-corrected chi connectivity index (χ1v) is 4.25. The maximum Gasteiger partial charge on any atom is 0.127 e. The molecule has 1 atom stereocenters. The van der Waals surface area contributed by atoms with Crippen LogP contribution in [0.5, 0.6) is 5.75 Å². The summed E-state index contributed by atoms with van der Waals surface area (Å²) in [7, 11) is 0. The predicted octanol–water partition coefficient (Wildman–Crippen LogP) is 2.28. The van der Waals surface area contributed by atoms with E-state index < -0.39 is 6.10 Å². The average Bonchev–Trinajstić information content (AvgIpc) is 2.03. The Kier molecular flexibility index (Phi) is 3.25. The molecule has 0 saturated heterocycles. The monoisotopic (exact) mass is 184 g/mol. The Morgan fingerprint density at radius 2 is 2.15 bits per heavy atom. The summed E-state index contributed by atoms with van der Waals surface area (Å²) in [6, 6.07) is 4.24. The normalized spacial score (nSPS) is 12.6. The van der Waals surface area contributed by atoms with Crippen LogP contribution in [0.1, 0.15) is 25.5 Å². The molecule has 0 heterocycles. The van der Waals surface area contributed by atoms with E-state index in [9.17, 15) is 9.50 Å². The van der Waals surface area contributed by atoms with Crippen LogP contribution >= 0.6 is 0 Å². The number of aliphatic hydroxyl groups is 1. The zero-order valence-corrected chi connectivity index (χ0v) is 7.75. The van der Waals surface area contributed by atoms with Crippen molar-refractivity contribution in [3.05, 3.63) is 29.6 Å². The number of ether oxygens (including phenoxy) is 1. The van der Waals surface area contributed by atoms with Crippen molar-refractivity contribution in [3.8, 4) is 5.75 Å². The number of benzene rings is 1. The molecule has 0 spiro atoms. The molecule has 0 aliphatic carbocycles. The summed E-state index contributed by atoms with van der Waals surface area (Å²) in [5.41, 5.74) is 0.531. The first-order chi connectivity index (χ1) is 6.13. The van der Waals surface area contributed by atoms with Gasteiger partial charge in [0.15, 0.2) is 0 Å². The average molecular weight is 184 g/mol. The lowest BCUT2D eigenvalue weighted by Gasteiger charge is -2.08. The standard InChI is InChI=1S/C10H13FO2/c1-3-13-10-5-8(7(2)12)4-9(11)6-10/h4-7,12H,3H2,1-2H3. The molecule has 0 bridgehead atoms. The van der Waals surface area contributed by atoms with Crippen molar-refractivity contribution in [1.29, 1.82) is 0 Å². The molecule has 0 aliphatic heterocycles. The lowest BCUT2D eigenvalue weighted by molar-refractivity contribution is 0.198. The summed E-state index contributed by atoms with van der Waals surface area (Å²) in [4.78, 5) is 0. The van der Waals surface area contributed by atoms with Gasteiger partial charge in [-0.3, -0.25) is 0 Å². The van der Waals surface area contributed by atoms with Crippen LogP contribution in [0.3, 0.4) is 0 Å². The molecule has 1 unspecified atom stereocenters. The molecule has 2 nitrogen and oxygen atoms in total. The molecule has 0 aliphatic rings. The van der Waals surface area contributed by atoms with Gasteiger partial charge in [0.05, 0.1) is 12.7 Å². The van der Waals surface area contributed by atoms with Crippen molar-refractivity contribution < 1.29 is 14.2 Å². The number of hydrogen-bond donors (Lipinski definition) is 1. The van der Waals surface area contributed by atoms with E-state index in [0.29, 0.717) is 17.9 Å². The summed E-state index contributed by atoms with van der Waals surface area (Å²) in [5, 5.41) is 9.22. The van der Waals surface area contributed by atoms with E-state index in [-0.39, 0.29) is 5.82 Å². The van der Waals surface area contributed by atoms with Gasteiger partial charge in [0.2, 0.25) is 0 Å². The Balaban J connectivity index is 2.96. The van der Waals surface area contributed by atoms with Crippen LogP contribution in [0.4, 0.5) is 4.39 Å². The fourth-order valence-electron chi connectivity index (χ4n) is 1.08. The van der Waals surface area contributed by atoms with Crippen LogP contribution in [-0.2, 0) is 0 Å². The molecule has 0 radical (unpaired) electrons. The van der Waals surface area contributed by atoms with Gasteiger partial charge in [-0.25, -0.2) is 4.39 Å². The Morgan fingerprint density at radius 3 is 2.69 bits per heavy atom. The molecule has 1 N–H and O–H groups in total. The van der Waals surface area contributed by atoms with Gasteiger partial charge in [0, 0.05) is 6.07 Å². The topological polar surface area (TPSA) is 29.5 Å². The molecule has 72 valence electrons. The predicted molar refractivity (Wildman–Crippen MR) is 48.2 cm³/mol. The maximum absolute atomic E-state index is 12.9. The van der Waals surface area contributed by atoms with Crippen LogP contribution in [0, 0.1) is 5.82 Å². The third-order valence-electron chi connectivity index (χ3n) is 1.69. The van der Waals surface area contributed by atoms with Crippen molar-refractivity contribution in [2.24, 2.45) is 0 Å². The third-order valence-corrected chi connectivity index (χ3v) is 1.69. The van der Waals surface area contributed by atoms with Gasteiger partial charge < -0.3 is 9.84 Å². The van der Waals surface area contributed by atoms with Crippen LogP contribution in [-0.4, -0.2) is 11.7 Å². The minimum atomic E-state index is -0.671. The van der Waals surface area contributed by atoms with Crippen molar-refractivity contribution in [2.45, 2.75) is 20.0 Å². The molecule has 1 rings (SSSR count). The molecule has 1 aromatic rings. The SMILES string of the molecule is CCOc1cc(F)cc(C(C)O)c1. The molecule has 13 heavy (non-hydrogen) atoms. The van der Waals surface area contributed by atoms with Crippen LogP contribution in [0.2, 0.25) is 0 Å². The number of hydrogen-bond acceptors (Lipinski definition) is 2. The van der Waals surface area contributed by atoms with Crippen molar-refractivity contribution in [3.63, 3.8) is 0 Å². The molecule has 1 aromatic carbocycles. The maximum atomic E-state index is 12.9. The van der Waals surface area contributed by atoms with E-state index in [1.807, 2.05) is 6.92 Å². The lowest BCUT2D eigenvalue weighted by Crippen LogP contribution is -1.96. The van der Waals surface area contributed by atoms with Gasteiger partial charge in [-0.1, -0.05) is 0 Å². The van der Waals surface area contributed by atoms with Crippen molar-refractivity contribution in [2.75, 3.05) is 6.61 Å². The fourth-order valence-corrected chi connectivity index (χ4v) is 1.08. The summed E-state index contributed by atoms with van der Waals surface area (Å²) < 4.78 is 18.0. The first kappa shape index (κ1) is 9.99. The quantitative estimate of drug-likeness (QED) is 0.780. The van der Waals surface area contributed by atoms with E-state index in [1.54, 1.807) is 13.0 Å². The van der Waals surface area contributed by atoms with Crippen molar-refractivity contribution in [1.82, 2.24) is 0 Å². The Labute approximate surface area is 77.0 Å². The van der Waals surface area contributed by atoms with Gasteiger partial charge in [0.1, 0.15) is 11.6 Å². The number of halogens is 1. The summed E-state index contributed by atoms with van der Waals surface area (Å²) in [6.07, 6.45) is -0.671. The van der Waals surface area contributed by atoms with Crippen LogP contribution in [0.25, 0.3) is 0 Å². The number of aliphatic hydroxyl groups excluding tert-OH is 1. The first-order valence-electron chi connectivity index (χ1n) is 4.25. The second kappa shape index (κ2) is 4.23. The van der Waals surface area contributed by atoms with Crippen molar-refractivity contribution >= 4 is 0 Å². The van der Waals surface area contributed by atoms with Crippen LogP contribution < -0.4 is 4.74 Å². The highest BCUT2D eigenvalue weighted by molar-refractivity contribution is 5.30. The number of rotatable bonds is 3. The zero-order valence-electron chi connectivity index (χ0n) is 7.75. The molecule has 3 heteroatoms. The van der Waals surface area contributed by atoms with Gasteiger partial charge in [0.25, 0.3) is 0 Å². The lowest BCUT2D eigenvalue weighted by atomic mass is 10.1. The van der Waals surface area contributed by atoms with E-state index >= 15 is 0 Å². The summed E-state index contributed by atoms with van der Waals surface area (Å²) in [5.74, 6) is 0.0697. The summed E-state index contributed by atoms with van der Waals surface area (Å²) >= 11 is 0. The highest BCUT2D eigenvalue weighted by Gasteiger charge is 2.05. The second-order valence-corrected chi connectivity index (χ2v) is 2.83.